The molecule has 1 aromatic carbocycles. The van der Waals surface area contributed by atoms with Gasteiger partial charge in [0.2, 0.25) is 0 Å². The third-order valence-electron chi connectivity index (χ3n) is 3.46. The second-order valence-corrected chi connectivity index (χ2v) is 5.85. The van der Waals surface area contributed by atoms with Crippen molar-refractivity contribution in [3.05, 3.63) is 29.8 Å². The van der Waals surface area contributed by atoms with E-state index in [4.69, 9.17) is 9.47 Å². The fraction of sp³-hybridized carbons (Fsp3) is 0.500. The highest BCUT2D eigenvalue weighted by Crippen LogP contribution is 2.38. The van der Waals surface area contributed by atoms with Gasteiger partial charge in [-0.2, -0.15) is 0 Å². The maximum Gasteiger partial charge on any atom is 0.421 e. The van der Waals surface area contributed by atoms with Gasteiger partial charge < -0.3 is 9.47 Å². The Balaban J connectivity index is 0.00000151. The highest BCUT2D eigenvalue weighted by Gasteiger charge is 2.39. The first-order chi connectivity index (χ1) is 12.0. The molecule has 0 aliphatic carbocycles. The lowest BCUT2D eigenvalue weighted by Crippen LogP contribution is -2.49. The van der Waals surface area contributed by atoms with Gasteiger partial charge in [-0.3, -0.25) is 4.79 Å². The monoisotopic (exact) mass is 347 g/mol. The number of carbonyl (C=O) groups excluding carboxylic acids is 2. The van der Waals surface area contributed by atoms with Crippen molar-refractivity contribution in [3.63, 3.8) is 0 Å². The van der Waals surface area contributed by atoms with Gasteiger partial charge in [0.25, 0.3) is 5.91 Å². The molecular weight excluding hydrogens is 318 g/mol. The zero-order chi connectivity index (χ0) is 19.0. The molecule has 1 heterocycles. The van der Waals surface area contributed by atoms with Crippen molar-refractivity contribution in [2.45, 2.75) is 54.1 Å². The molecule has 25 heavy (non-hydrogen) atoms. The van der Waals surface area contributed by atoms with Gasteiger partial charge in [0.05, 0.1) is 12.3 Å². The molecule has 1 aliphatic rings. The Bertz CT molecular complexity index is 622. The number of allylic oxidation sites excluding steroid dienone is 1. The number of rotatable bonds is 4. The minimum absolute atomic E-state index is 0.200. The number of hydrogen-bond acceptors (Lipinski definition) is 4. The molecule has 0 spiro atoms. The summed E-state index contributed by atoms with van der Waals surface area (Å²) in [7, 11) is 0. The largest absolute Gasteiger partial charge is 0.478 e. The zero-order valence-electron chi connectivity index (χ0n) is 16.0. The number of amides is 2. The number of nitrogens with zero attached hydrogens (tertiary/aromatic N) is 1. The molecule has 138 valence electrons. The van der Waals surface area contributed by atoms with Crippen molar-refractivity contribution in [2.75, 3.05) is 11.5 Å². The van der Waals surface area contributed by atoms with E-state index in [1.165, 1.54) is 0 Å². The molecule has 0 bridgehead atoms. The van der Waals surface area contributed by atoms with Crippen LogP contribution < -0.4 is 9.64 Å². The van der Waals surface area contributed by atoms with Gasteiger partial charge in [-0.15, -0.1) is 0 Å². The zero-order valence-corrected chi connectivity index (χ0v) is 16.0. The molecule has 5 nitrogen and oxygen atoms in total. The maximum absolute atomic E-state index is 12.6. The molecular formula is C20H29NO4. The maximum atomic E-state index is 12.6. The second kappa shape index (κ2) is 9.87. The summed E-state index contributed by atoms with van der Waals surface area (Å²) in [5.74, 6) is 0.357. The van der Waals surface area contributed by atoms with Gasteiger partial charge in [0, 0.05) is 5.56 Å². The molecule has 1 atom stereocenters. The Labute approximate surface area is 150 Å². The Hall–Kier alpha value is -2.30. The molecule has 1 aromatic rings. The molecule has 0 aromatic heterocycles. The van der Waals surface area contributed by atoms with Crippen LogP contribution in [-0.4, -0.2) is 24.7 Å². The topological polar surface area (TPSA) is 55.8 Å². The van der Waals surface area contributed by atoms with Crippen molar-refractivity contribution < 1.29 is 19.1 Å². The lowest BCUT2D eigenvalue weighted by atomic mass is 10.1. The van der Waals surface area contributed by atoms with Crippen LogP contribution in [0.3, 0.4) is 0 Å². The van der Waals surface area contributed by atoms with Crippen molar-refractivity contribution in [1.82, 2.24) is 0 Å². The van der Waals surface area contributed by atoms with Crippen LogP contribution in [0.5, 0.6) is 5.75 Å². The van der Waals surface area contributed by atoms with Crippen molar-refractivity contribution in [2.24, 2.45) is 5.92 Å². The predicted molar refractivity (Wildman–Crippen MR) is 101 cm³/mol. The van der Waals surface area contributed by atoms with Gasteiger partial charge in [-0.05, 0) is 25.3 Å². The van der Waals surface area contributed by atoms with E-state index in [1.807, 2.05) is 59.8 Å². The van der Waals surface area contributed by atoms with E-state index in [0.717, 1.165) is 10.5 Å². The van der Waals surface area contributed by atoms with Crippen LogP contribution in [0.4, 0.5) is 10.5 Å². The van der Waals surface area contributed by atoms with Crippen molar-refractivity contribution in [1.29, 1.82) is 0 Å². The highest BCUT2D eigenvalue weighted by molar-refractivity contribution is 6.16. The lowest BCUT2D eigenvalue weighted by molar-refractivity contribution is -0.126. The number of para-hydroxylation sites is 1. The third kappa shape index (κ3) is 4.84. The van der Waals surface area contributed by atoms with E-state index in [0.29, 0.717) is 17.9 Å². The number of ether oxygens (including phenoxy) is 2. The molecule has 0 saturated heterocycles. The number of imide groups is 1. The summed E-state index contributed by atoms with van der Waals surface area (Å²) in [6, 6.07) is 5.38. The van der Waals surface area contributed by atoms with Crippen molar-refractivity contribution >= 4 is 23.8 Å². The predicted octanol–water partition coefficient (Wildman–Crippen LogP) is 5.04. The molecule has 1 aliphatic heterocycles. The summed E-state index contributed by atoms with van der Waals surface area (Å²) in [5.41, 5.74) is 1.27. The van der Waals surface area contributed by atoms with Crippen LogP contribution in [0.1, 0.15) is 53.5 Å². The Morgan fingerprint density at radius 3 is 2.60 bits per heavy atom. The van der Waals surface area contributed by atoms with Crippen LogP contribution >= 0.6 is 0 Å². The second-order valence-electron chi connectivity index (χ2n) is 5.85. The summed E-state index contributed by atoms with van der Waals surface area (Å²) in [4.78, 5) is 26.1. The van der Waals surface area contributed by atoms with Crippen molar-refractivity contribution in [3.8, 4) is 5.75 Å². The van der Waals surface area contributed by atoms with Crippen LogP contribution in [0.25, 0.3) is 6.08 Å². The van der Waals surface area contributed by atoms with Crippen LogP contribution in [-0.2, 0) is 9.53 Å². The van der Waals surface area contributed by atoms with Gasteiger partial charge in [-0.1, -0.05) is 58.9 Å². The molecule has 2 rings (SSSR count). The highest BCUT2D eigenvalue weighted by atomic mass is 16.6. The van der Waals surface area contributed by atoms with Gasteiger partial charge in [0.1, 0.15) is 0 Å². The first-order valence-electron chi connectivity index (χ1n) is 8.92. The van der Waals surface area contributed by atoms with E-state index in [2.05, 4.69) is 0 Å². The molecule has 0 fully saturated rings. The fourth-order valence-corrected chi connectivity index (χ4v) is 2.36. The molecule has 2 amide bonds. The standard InChI is InChI=1S/C18H23NO4.C2H6/c1-5-8-13-9-7-10-14-16(13)23-15(6-2)17(20)19(14)18(21)22-11-12(3)4;1-2/h5,7-10,12,15H,6,11H2,1-4H3;1-2H3/b8-5+;. The minimum atomic E-state index is -0.680. The van der Waals surface area contributed by atoms with Crippen LogP contribution in [0.15, 0.2) is 24.3 Å². The number of anilines is 1. The first-order valence-corrected chi connectivity index (χ1v) is 8.92. The summed E-state index contributed by atoms with van der Waals surface area (Å²) >= 11 is 0. The average Bonchev–Trinajstić information content (AvgIpc) is 2.61. The van der Waals surface area contributed by atoms with Crippen LogP contribution in [0, 0.1) is 5.92 Å². The van der Waals surface area contributed by atoms with Crippen LogP contribution in [0.2, 0.25) is 0 Å². The fourth-order valence-electron chi connectivity index (χ4n) is 2.36. The SMILES string of the molecule is C/C=C/c1cccc2c1OC(CC)C(=O)N2C(=O)OCC(C)C.CC. The summed E-state index contributed by atoms with van der Waals surface area (Å²) in [6.07, 6.45) is 2.93. The number of carbonyl (C=O) groups is 2. The summed E-state index contributed by atoms with van der Waals surface area (Å²) in [6.45, 7) is 11.9. The smallest absolute Gasteiger partial charge is 0.421 e. The first kappa shape index (κ1) is 20.7. The summed E-state index contributed by atoms with van der Waals surface area (Å²) in [5, 5.41) is 0. The minimum Gasteiger partial charge on any atom is -0.478 e. The van der Waals surface area contributed by atoms with E-state index >= 15 is 0 Å². The van der Waals surface area contributed by atoms with Gasteiger partial charge >= 0.3 is 6.09 Å². The molecule has 0 saturated carbocycles. The van der Waals surface area contributed by atoms with Gasteiger partial charge in [-0.25, -0.2) is 9.69 Å². The number of hydrogen-bond donors (Lipinski definition) is 0. The quantitative estimate of drug-likeness (QED) is 0.765. The Morgan fingerprint density at radius 1 is 1.36 bits per heavy atom. The normalized spacial score (nSPS) is 16.2. The lowest BCUT2D eigenvalue weighted by Gasteiger charge is -2.33. The van der Waals surface area contributed by atoms with E-state index in [9.17, 15) is 9.59 Å². The average molecular weight is 347 g/mol. The molecule has 0 N–H and O–H groups in total. The molecule has 0 radical (unpaired) electrons. The van der Waals surface area contributed by atoms with E-state index < -0.39 is 12.2 Å². The summed E-state index contributed by atoms with van der Waals surface area (Å²) < 4.78 is 11.1. The van der Waals surface area contributed by atoms with Gasteiger partial charge in [0.15, 0.2) is 11.9 Å². The number of benzene rings is 1. The number of fused-ring (bicyclic) bond motifs is 1. The molecule has 5 heteroatoms. The van der Waals surface area contributed by atoms with E-state index in [-0.39, 0.29) is 18.4 Å². The third-order valence-corrected chi connectivity index (χ3v) is 3.46. The Kier molecular flexibility index (Phi) is 8.19. The molecule has 1 unspecified atom stereocenters. The Morgan fingerprint density at radius 2 is 2.04 bits per heavy atom. The van der Waals surface area contributed by atoms with E-state index in [1.54, 1.807) is 12.1 Å².